The number of rotatable bonds is 5. The summed E-state index contributed by atoms with van der Waals surface area (Å²) < 4.78 is 31.8. The Balaban J connectivity index is 1.72. The Morgan fingerprint density at radius 3 is 2.48 bits per heavy atom. The maximum absolute atomic E-state index is 13.3. The molecule has 0 aliphatic carbocycles. The number of aromatic nitrogens is 2. The van der Waals surface area contributed by atoms with Gasteiger partial charge in [0.1, 0.15) is 0 Å². The smallest absolute Gasteiger partial charge is 0.277 e. The zero-order valence-electron chi connectivity index (χ0n) is 13.5. The molecule has 0 saturated carbocycles. The predicted octanol–water partition coefficient (Wildman–Crippen LogP) is 4.69. The highest BCUT2D eigenvalue weighted by atomic mass is 32.2. The van der Waals surface area contributed by atoms with Crippen LogP contribution < -0.4 is 0 Å². The van der Waals surface area contributed by atoms with Crippen LogP contribution in [0.1, 0.15) is 22.8 Å². The maximum Gasteiger partial charge on any atom is 0.277 e. The van der Waals surface area contributed by atoms with Crippen molar-refractivity contribution in [3.8, 4) is 11.5 Å². The Morgan fingerprint density at radius 2 is 1.80 bits per heavy atom. The van der Waals surface area contributed by atoms with Crippen LogP contribution in [-0.2, 0) is 0 Å². The highest BCUT2D eigenvalue weighted by Gasteiger charge is 2.21. The molecule has 0 amide bonds. The van der Waals surface area contributed by atoms with Crippen molar-refractivity contribution in [3.63, 3.8) is 0 Å². The van der Waals surface area contributed by atoms with E-state index in [0.29, 0.717) is 5.89 Å². The highest BCUT2D eigenvalue weighted by Crippen LogP contribution is 2.28. The molecule has 7 heteroatoms. The third-order valence-electron chi connectivity index (χ3n) is 3.56. The van der Waals surface area contributed by atoms with Gasteiger partial charge in [0.25, 0.3) is 5.22 Å². The summed E-state index contributed by atoms with van der Waals surface area (Å²) in [6.07, 6.45) is 0. The standard InChI is InChI=1S/C18H14F2N2O2S/c1-10-3-5-12(6-4-10)17-21-22-18(24-17)25-11(2)16(23)13-7-8-14(19)15(20)9-13/h3-9,11H,1-2H3. The summed E-state index contributed by atoms with van der Waals surface area (Å²) in [4.78, 5) is 12.3. The minimum Gasteiger partial charge on any atom is -0.411 e. The molecule has 0 radical (unpaired) electrons. The quantitative estimate of drug-likeness (QED) is 0.488. The lowest BCUT2D eigenvalue weighted by Gasteiger charge is -2.07. The molecule has 4 nitrogen and oxygen atoms in total. The van der Waals surface area contributed by atoms with Crippen LogP contribution in [0, 0.1) is 18.6 Å². The van der Waals surface area contributed by atoms with Gasteiger partial charge in [-0.3, -0.25) is 4.79 Å². The average molecular weight is 360 g/mol. The van der Waals surface area contributed by atoms with E-state index in [2.05, 4.69) is 10.2 Å². The molecule has 128 valence electrons. The van der Waals surface area contributed by atoms with Crippen LogP contribution in [0.4, 0.5) is 8.78 Å². The summed E-state index contributed by atoms with van der Waals surface area (Å²) in [6.45, 7) is 3.62. The van der Waals surface area contributed by atoms with Gasteiger partial charge in [0, 0.05) is 11.1 Å². The topological polar surface area (TPSA) is 56.0 Å². The van der Waals surface area contributed by atoms with Gasteiger partial charge in [0.15, 0.2) is 17.4 Å². The zero-order valence-corrected chi connectivity index (χ0v) is 14.3. The van der Waals surface area contributed by atoms with Crippen molar-refractivity contribution >= 4 is 17.5 Å². The monoisotopic (exact) mass is 360 g/mol. The van der Waals surface area contributed by atoms with E-state index in [9.17, 15) is 13.6 Å². The van der Waals surface area contributed by atoms with E-state index in [4.69, 9.17) is 4.42 Å². The van der Waals surface area contributed by atoms with Crippen LogP contribution in [0.5, 0.6) is 0 Å². The van der Waals surface area contributed by atoms with Crippen molar-refractivity contribution in [1.82, 2.24) is 10.2 Å². The van der Waals surface area contributed by atoms with Gasteiger partial charge in [-0.25, -0.2) is 8.78 Å². The van der Waals surface area contributed by atoms with E-state index in [1.54, 1.807) is 6.92 Å². The molecule has 3 aromatic rings. The van der Waals surface area contributed by atoms with Crippen LogP contribution >= 0.6 is 11.8 Å². The molecule has 0 fully saturated rings. The lowest BCUT2D eigenvalue weighted by molar-refractivity contribution is 0.0993. The second-order valence-electron chi connectivity index (χ2n) is 5.49. The van der Waals surface area contributed by atoms with Gasteiger partial charge >= 0.3 is 0 Å². The zero-order chi connectivity index (χ0) is 18.0. The molecule has 2 aromatic carbocycles. The van der Waals surface area contributed by atoms with Crippen LogP contribution in [0.2, 0.25) is 0 Å². The second-order valence-corrected chi connectivity index (χ2v) is 6.78. The first-order valence-electron chi connectivity index (χ1n) is 7.50. The number of thioether (sulfide) groups is 1. The van der Waals surface area contributed by atoms with Gasteiger partial charge in [0.05, 0.1) is 5.25 Å². The third kappa shape index (κ3) is 3.93. The molecule has 3 rings (SSSR count). The van der Waals surface area contributed by atoms with Crippen LogP contribution in [-0.4, -0.2) is 21.2 Å². The summed E-state index contributed by atoms with van der Waals surface area (Å²) >= 11 is 1.07. The van der Waals surface area contributed by atoms with Crippen molar-refractivity contribution in [1.29, 1.82) is 0 Å². The second kappa shape index (κ2) is 7.14. The van der Waals surface area contributed by atoms with Crippen LogP contribution in [0.15, 0.2) is 52.1 Å². The van der Waals surface area contributed by atoms with E-state index in [1.807, 2.05) is 31.2 Å². The number of aryl methyl sites for hydroxylation is 1. The van der Waals surface area contributed by atoms with Gasteiger partial charge in [-0.05, 0) is 44.2 Å². The largest absolute Gasteiger partial charge is 0.411 e. The van der Waals surface area contributed by atoms with Crippen molar-refractivity contribution in [2.24, 2.45) is 0 Å². The molecule has 0 spiro atoms. The van der Waals surface area contributed by atoms with Gasteiger partial charge in [-0.2, -0.15) is 0 Å². The maximum atomic E-state index is 13.3. The van der Waals surface area contributed by atoms with Crippen molar-refractivity contribution in [2.45, 2.75) is 24.3 Å². The van der Waals surface area contributed by atoms with Gasteiger partial charge < -0.3 is 4.42 Å². The Morgan fingerprint density at radius 1 is 1.08 bits per heavy atom. The lowest BCUT2D eigenvalue weighted by atomic mass is 10.1. The fourth-order valence-electron chi connectivity index (χ4n) is 2.16. The molecule has 1 unspecified atom stereocenters. The van der Waals surface area contributed by atoms with E-state index in [0.717, 1.165) is 35.0 Å². The number of Topliss-reactive ketones (excluding diaryl/α,β-unsaturated/α-hetero) is 1. The number of carbonyl (C=O) groups is 1. The summed E-state index contributed by atoms with van der Waals surface area (Å²) in [5.74, 6) is -2.03. The number of halogens is 2. The fraction of sp³-hybridized carbons (Fsp3) is 0.167. The Bertz CT molecular complexity index is 910. The van der Waals surface area contributed by atoms with Crippen LogP contribution in [0.25, 0.3) is 11.5 Å². The van der Waals surface area contributed by atoms with E-state index in [1.165, 1.54) is 6.07 Å². The minimum absolute atomic E-state index is 0.0946. The molecule has 0 saturated heterocycles. The first kappa shape index (κ1) is 17.3. The molecular formula is C18H14F2N2O2S. The Labute approximate surface area is 147 Å². The van der Waals surface area contributed by atoms with Gasteiger partial charge in [-0.1, -0.05) is 29.5 Å². The Kier molecular flexibility index (Phi) is 4.94. The van der Waals surface area contributed by atoms with Gasteiger partial charge in [0.2, 0.25) is 5.89 Å². The van der Waals surface area contributed by atoms with Gasteiger partial charge in [-0.15, -0.1) is 10.2 Å². The van der Waals surface area contributed by atoms with Crippen molar-refractivity contribution in [2.75, 3.05) is 0 Å². The molecular weight excluding hydrogens is 346 g/mol. The molecule has 0 bridgehead atoms. The third-order valence-corrected chi connectivity index (χ3v) is 4.49. The molecule has 0 aliphatic rings. The highest BCUT2D eigenvalue weighted by molar-refractivity contribution is 8.00. The fourth-order valence-corrected chi connectivity index (χ4v) is 2.92. The molecule has 1 atom stereocenters. The summed E-state index contributed by atoms with van der Waals surface area (Å²) in [5.41, 5.74) is 1.99. The molecule has 1 heterocycles. The first-order valence-corrected chi connectivity index (χ1v) is 8.38. The Hall–Kier alpha value is -2.54. The normalized spacial score (nSPS) is 12.2. The average Bonchev–Trinajstić information content (AvgIpc) is 3.05. The van der Waals surface area contributed by atoms with Crippen LogP contribution in [0.3, 0.4) is 0 Å². The SMILES string of the molecule is Cc1ccc(-c2nnc(SC(C)C(=O)c3ccc(F)c(F)c3)o2)cc1. The van der Waals surface area contributed by atoms with E-state index in [-0.39, 0.29) is 16.6 Å². The van der Waals surface area contributed by atoms with E-state index >= 15 is 0 Å². The summed E-state index contributed by atoms with van der Waals surface area (Å²) in [6, 6.07) is 10.7. The number of ketones is 1. The van der Waals surface area contributed by atoms with Crippen molar-refractivity contribution in [3.05, 3.63) is 65.2 Å². The molecule has 0 N–H and O–H groups in total. The molecule has 1 aromatic heterocycles. The molecule has 0 aliphatic heterocycles. The number of carbonyl (C=O) groups excluding carboxylic acids is 1. The summed E-state index contributed by atoms with van der Waals surface area (Å²) in [5, 5.41) is 7.54. The first-order chi connectivity index (χ1) is 11.9. The number of hydrogen-bond acceptors (Lipinski definition) is 5. The predicted molar refractivity (Wildman–Crippen MR) is 90.5 cm³/mol. The number of benzene rings is 2. The molecule has 25 heavy (non-hydrogen) atoms. The minimum atomic E-state index is -1.05. The van der Waals surface area contributed by atoms with E-state index < -0.39 is 16.9 Å². The lowest BCUT2D eigenvalue weighted by Crippen LogP contribution is -2.14. The number of hydrogen-bond donors (Lipinski definition) is 0. The summed E-state index contributed by atoms with van der Waals surface area (Å²) in [7, 11) is 0. The van der Waals surface area contributed by atoms with Crippen molar-refractivity contribution < 1.29 is 18.0 Å². The number of nitrogens with zero attached hydrogens (tertiary/aromatic N) is 2.